The average Bonchev–Trinajstić information content (AvgIpc) is 3.32. The van der Waals surface area contributed by atoms with E-state index >= 15 is 0 Å². The van der Waals surface area contributed by atoms with Crippen molar-refractivity contribution in [3.8, 4) is 0 Å². The molecule has 2 heterocycles. The first-order valence-corrected chi connectivity index (χ1v) is 10.4. The van der Waals surface area contributed by atoms with Gasteiger partial charge in [0.25, 0.3) is 0 Å². The van der Waals surface area contributed by atoms with Gasteiger partial charge in [0, 0.05) is 23.6 Å². The Morgan fingerprint density at radius 2 is 2.10 bits per heavy atom. The third-order valence-corrected chi connectivity index (χ3v) is 5.56. The van der Waals surface area contributed by atoms with Crippen LogP contribution in [0.2, 0.25) is 4.34 Å². The molecule has 3 N–H and O–H groups in total. The Morgan fingerprint density at radius 1 is 1.33 bits per heavy atom. The molecule has 2 aromatic rings. The van der Waals surface area contributed by atoms with Crippen molar-refractivity contribution in [2.24, 2.45) is 0 Å². The van der Waals surface area contributed by atoms with E-state index in [4.69, 9.17) is 26.2 Å². The van der Waals surface area contributed by atoms with Crippen LogP contribution in [0.4, 0.5) is 16.2 Å². The van der Waals surface area contributed by atoms with Crippen LogP contribution in [0.1, 0.15) is 4.88 Å². The van der Waals surface area contributed by atoms with Crippen molar-refractivity contribution in [1.29, 1.82) is 0 Å². The van der Waals surface area contributed by atoms with E-state index in [2.05, 4.69) is 17.2 Å². The molecule has 0 spiro atoms. The van der Waals surface area contributed by atoms with E-state index in [0.717, 1.165) is 21.9 Å². The minimum atomic E-state index is -0.995. The lowest BCUT2D eigenvalue weighted by Gasteiger charge is -2.15. The summed E-state index contributed by atoms with van der Waals surface area (Å²) in [5, 5.41) is 14.8. The number of carboxylic acid groups (broad SMARTS) is 1. The fraction of sp³-hybridized carbons (Fsp3) is 0.300. The second-order valence-electron chi connectivity index (χ2n) is 6.50. The first-order chi connectivity index (χ1) is 14.4. The monoisotopic (exact) mass is 451 g/mol. The largest absolute Gasteiger partial charge is 0.480 e. The van der Waals surface area contributed by atoms with E-state index in [9.17, 15) is 9.59 Å². The van der Waals surface area contributed by atoms with Gasteiger partial charge in [-0.15, -0.1) is 11.3 Å². The van der Waals surface area contributed by atoms with Gasteiger partial charge >= 0.3 is 12.1 Å². The fourth-order valence-corrected chi connectivity index (χ4v) is 3.82. The van der Waals surface area contributed by atoms with Crippen molar-refractivity contribution in [3.05, 3.63) is 52.2 Å². The van der Waals surface area contributed by atoms with Crippen LogP contribution < -0.4 is 15.5 Å². The molecule has 8 nitrogen and oxygen atoms in total. The summed E-state index contributed by atoms with van der Waals surface area (Å²) >= 11 is 7.38. The molecule has 1 aromatic carbocycles. The maximum absolute atomic E-state index is 12.2. The molecule has 0 bridgehead atoms. The van der Waals surface area contributed by atoms with Gasteiger partial charge in [-0.3, -0.25) is 4.90 Å². The van der Waals surface area contributed by atoms with Crippen LogP contribution in [0.15, 0.2) is 43.0 Å². The second kappa shape index (κ2) is 10.3. The van der Waals surface area contributed by atoms with Gasteiger partial charge in [0.15, 0.2) is 0 Å². The van der Waals surface area contributed by atoms with Crippen molar-refractivity contribution in [3.63, 3.8) is 0 Å². The van der Waals surface area contributed by atoms with E-state index in [1.807, 2.05) is 36.4 Å². The third kappa shape index (κ3) is 6.12. The number of cyclic esters (lactones) is 1. The summed E-state index contributed by atoms with van der Waals surface area (Å²) in [4.78, 5) is 25.2. The SMILES string of the molecule is C=C(NC[C@H]1CN(c2ccc(NCCOCC(=O)O)cc2)C(=O)O1)c1ccc(Cl)s1. The molecule has 0 radical (unpaired) electrons. The predicted molar refractivity (Wildman–Crippen MR) is 117 cm³/mol. The number of amides is 1. The highest BCUT2D eigenvalue weighted by Crippen LogP contribution is 2.26. The van der Waals surface area contributed by atoms with Crippen molar-refractivity contribution in [1.82, 2.24) is 5.32 Å². The quantitative estimate of drug-likeness (QED) is 0.449. The molecule has 10 heteroatoms. The van der Waals surface area contributed by atoms with Gasteiger partial charge < -0.3 is 25.2 Å². The van der Waals surface area contributed by atoms with Gasteiger partial charge in [0.05, 0.1) is 28.9 Å². The Morgan fingerprint density at radius 3 is 2.77 bits per heavy atom. The number of carbonyl (C=O) groups is 2. The first-order valence-electron chi connectivity index (χ1n) is 9.22. The van der Waals surface area contributed by atoms with Gasteiger partial charge in [-0.1, -0.05) is 18.2 Å². The summed E-state index contributed by atoms with van der Waals surface area (Å²) in [6, 6.07) is 11.0. The van der Waals surface area contributed by atoms with E-state index in [0.29, 0.717) is 24.0 Å². The number of benzene rings is 1. The molecule has 1 aliphatic rings. The molecule has 0 unspecified atom stereocenters. The molecule has 1 aromatic heterocycles. The Hall–Kier alpha value is -2.75. The summed E-state index contributed by atoms with van der Waals surface area (Å²) < 4.78 is 11.1. The number of aliphatic carboxylic acids is 1. The van der Waals surface area contributed by atoms with Gasteiger partial charge in [-0.25, -0.2) is 9.59 Å². The second-order valence-corrected chi connectivity index (χ2v) is 8.21. The molecule has 1 atom stereocenters. The van der Waals surface area contributed by atoms with E-state index < -0.39 is 12.1 Å². The Labute approximate surface area is 183 Å². The zero-order valence-electron chi connectivity index (χ0n) is 16.1. The topological polar surface area (TPSA) is 100 Å². The molecule has 30 heavy (non-hydrogen) atoms. The highest BCUT2D eigenvalue weighted by Gasteiger charge is 2.32. The van der Waals surface area contributed by atoms with Crippen molar-refractivity contribution >= 4 is 52.1 Å². The van der Waals surface area contributed by atoms with Crippen LogP contribution in [0.3, 0.4) is 0 Å². The molecule has 0 saturated carbocycles. The first kappa shape index (κ1) is 21.9. The van der Waals surface area contributed by atoms with E-state index in [-0.39, 0.29) is 19.3 Å². The number of thiophene rings is 1. The van der Waals surface area contributed by atoms with Crippen LogP contribution in [-0.2, 0) is 14.3 Å². The number of rotatable bonds is 11. The number of hydrogen-bond acceptors (Lipinski definition) is 7. The zero-order chi connectivity index (χ0) is 21.5. The molecular weight excluding hydrogens is 430 g/mol. The number of anilines is 2. The lowest BCUT2D eigenvalue weighted by atomic mass is 10.2. The highest BCUT2D eigenvalue weighted by atomic mass is 35.5. The van der Waals surface area contributed by atoms with Gasteiger partial charge in [0.2, 0.25) is 0 Å². The van der Waals surface area contributed by atoms with Crippen molar-refractivity contribution in [2.75, 3.05) is 43.1 Å². The number of carbonyl (C=O) groups excluding carboxylic acids is 1. The van der Waals surface area contributed by atoms with E-state index in [1.165, 1.54) is 11.3 Å². The maximum Gasteiger partial charge on any atom is 0.414 e. The van der Waals surface area contributed by atoms with Crippen molar-refractivity contribution < 1.29 is 24.2 Å². The van der Waals surface area contributed by atoms with Crippen LogP contribution in [0.25, 0.3) is 5.70 Å². The summed E-state index contributed by atoms with van der Waals surface area (Å²) in [5.74, 6) is -0.995. The Balaban J connectivity index is 1.45. The van der Waals surface area contributed by atoms with Gasteiger partial charge in [-0.2, -0.15) is 0 Å². The normalized spacial score (nSPS) is 15.7. The van der Waals surface area contributed by atoms with Gasteiger partial charge in [-0.05, 0) is 36.4 Å². The number of halogens is 1. The Bertz CT molecular complexity index is 902. The summed E-state index contributed by atoms with van der Waals surface area (Å²) in [7, 11) is 0. The Kier molecular flexibility index (Phi) is 7.56. The molecule has 160 valence electrons. The maximum atomic E-state index is 12.2. The summed E-state index contributed by atoms with van der Waals surface area (Å²) in [6.07, 6.45) is -0.691. The molecule has 1 fully saturated rings. The number of nitrogens with one attached hydrogen (secondary N) is 2. The van der Waals surface area contributed by atoms with Crippen LogP contribution in [0.5, 0.6) is 0 Å². The standard InChI is InChI=1S/C20H22ClN3O5S/c1-13(17-6-7-18(21)30-17)23-10-16-11-24(20(27)29-16)15-4-2-14(3-5-15)22-8-9-28-12-19(25)26/h2-7,16,22-23H,1,8-12H2,(H,25,26)/t16-/m0/s1. The molecule has 1 aliphatic heterocycles. The molecule has 1 saturated heterocycles. The average molecular weight is 452 g/mol. The van der Waals surface area contributed by atoms with Crippen molar-refractivity contribution in [2.45, 2.75) is 6.10 Å². The smallest absolute Gasteiger partial charge is 0.414 e. The molecule has 3 rings (SSSR count). The minimum absolute atomic E-state index is 0.282. The van der Waals surface area contributed by atoms with Crippen LogP contribution in [-0.4, -0.2) is 56.1 Å². The zero-order valence-corrected chi connectivity index (χ0v) is 17.7. The molecular formula is C20H22ClN3O5S. The predicted octanol–water partition coefficient (Wildman–Crippen LogP) is 3.50. The highest BCUT2D eigenvalue weighted by molar-refractivity contribution is 7.17. The number of hydrogen-bond donors (Lipinski definition) is 3. The van der Waals surface area contributed by atoms with Crippen LogP contribution in [0, 0.1) is 0 Å². The number of nitrogens with zero attached hydrogens (tertiary/aromatic N) is 1. The lowest BCUT2D eigenvalue weighted by Crippen LogP contribution is -2.29. The number of ether oxygens (including phenoxy) is 2. The van der Waals surface area contributed by atoms with E-state index in [1.54, 1.807) is 4.90 Å². The summed E-state index contributed by atoms with van der Waals surface area (Å²) in [6.45, 7) is 5.32. The van der Waals surface area contributed by atoms with Crippen LogP contribution >= 0.6 is 22.9 Å². The molecule has 0 aliphatic carbocycles. The number of carboxylic acids is 1. The molecule has 1 amide bonds. The third-order valence-electron chi connectivity index (χ3n) is 4.27. The lowest BCUT2D eigenvalue weighted by molar-refractivity contribution is -0.142. The summed E-state index contributed by atoms with van der Waals surface area (Å²) in [5.41, 5.74) is 2.32. The van der Waals surface area contributed by atoms with Gasteiger partial charge in [0.1, 0.15) is 12.7 Å². The minimum Gasteiger partial charge on any atom is -0.480 e. The fourth-order valence-electron chi connectivity index (χ4n) is 2.83.